The molecular weight excluding hydrogens is 416 g/mol. The summed E-state index contributed by atoms with van der Waals surface area (Å²) < 4.78 is 33.0. The number of hydrogen-bond acceptors (Lipinski definition) is 3. The summed E-state index contributed by atoms with van der Waals surface area (Å²) in [5, 5.41) is 11.6. The molecule has 0 unspecified atom stereocenters. The molecule has 0 atom stereocenters. The van der Waals surface area contributed by atoms with Crippen LogP contribution in [0.3, 0.4) is 0 Å². The molecule has 0 aliphatic carbocycles. The normalized spacial score (nSPS) is 11.1. The van der Waals surface area contributed by atoms with Gasteiger partial charge in [-0.1, -0.05) is 41.9 Å². The van der Waals surface area contributed by atoms with Crippen LogP contribution in [0, 0.1) is 11.6 Å². The average molecular weight is 430 g/mol. The minimum Gasteiger partial charge on any atom is -0.477 e. The quantitative estimate of drug-likeness (QED) is 0.524. The van der Waals surface area contributed by atoms with Crippen molar-refractivity contribution < 1.29 is 28.2 Å². The lowest BCUT2D eigenvalue weighted by Crippen LogP contribution is -2.27. The Morgan fingerprint density at radius 3 is 2.23 bits per heavy atom. The van der Waals surface area contributed by atoms with Crippen molar-refractivity contribution in [1.29, 1.82) is 0 Å². The molecule has 30 heavy (non-hydrogen) atoms. The first kappa shape index (κ1) is 21.0. The molecule has 0 heterocycles. The molecule has 1 amide bonds. The van der Waals surface area contributed by atoms with Gasteiger partial charge in [-0.3, -0.25) is 4.79 Å². The van der Waals surface area contributed by atoms with Crippen molar-refractivity contribution in [2.75, 3.05) is 0 Å². The average Bonchev–Trinajstić information content (AvgIpc) is 2.71. The van der Waals surface area contributed by atoms with E-state index in [0.29, 0.717) is 5.56 Å². The van der Waals surface area contributed by atoms with Gasteiger partial charge in [0.25, 0.3) is 5.91 Å². The van der Waals surface area contributed by atoms with Crippen molar-refractivity contribution in [1.82, 2.24) is 5.32 Å². The monoisotopic (exact) mass is 429 g/mol. The SMILES string of the molecule is O=C(O)/C(=C/c1ccc(Oc2c(F)cccc2Cl)cc1)NC(=O)c1ccccc1F. The predicted octanol–water partition coefficient (Wildman–Crippen LogP) is 5.27. The Morgan fingerprint density at radius 2 is 1.60 bits per heavy atom. The third kappa shape index (κ3) is 5.01. The summed E-state index contributed by atoms with van der Waals surface area (Å²) in [6.07, 6.45) is 1.20. The molecular formula is C22H14ClF2NO4. The summed E-state index contributed by atoms with van der Waals surface area (Å²) in [4.78, 5) is 23.6. The molecule has 3 aromatic rings. The zero-order valence-electron chi connectivity index (χ0n) is 15.2. The number of carbonyl (C=O) groups excluding carboxylic acids is 1. The maximum absolute atomic E-state index is 13.8. The van der Waals surface area contributed by atoms with Gasteiger partial charge in [0.05, 0.1) is 10.6 Å². The lowest BCUT2D eigenvalue weighted by molar-refractivity contribution is -0.132. The Hall–Kier alpha value is -3.71. The minimum absolute atomic E-state index is 0.1000. The largest absolute Gasteiger partial charge is 0.477 e. The Morgan fingerprint density at radius 1 is 0.933 bits per heavy atom. The van der Waals surface area contributed by atoms with E-state index < -0.39 is 29.2 Å². The van der Waals surface area contributed by atoms with Crippen molar-refractivity contribution in [3.05, 3.63) is 100 Å². The summed E-state index contributed by atoms with van der Waals surface area (Å²) in [6.45, 7) is 0. The van der Waals surface area contributed by atoms with Crippen LogP contribution >= 0.6 is 11.6 Å². The van der Waals surface area contributed by atoms with Gasteiger partial charge in [-0.25, -0.2) is 13.6 Å². The van der Waals surface area contributed by atoms with Crippen LogP contribution in [0.4, 0.5) is 8.78 Å². The van der Waals surface area contributed by atoms with Gasteiger partial charge in [0.15, 0.2) is 11.6 Å². The van der Waals surface area contributed by atoms with Crippen molar-refractivity contribution in [2.45, 2.75) is 0 Å². The van der Waals surface area contributed by atoms with Gasteiger partial charge in [-0.15, -0.1) is 0 Å². The molecule has 0 radical (unpaired) electrons. The molecule has 2 N–H and O–H groups in total. The number of carboxylic acid groups (broad SMARTS) is 1. The number of halogens is 3. The Labute approximate surface area is 175 Å². The summed E-state index contributed by atoms with van der Waals surface area (Å²) in [6, 6.07) is 15.3. The Balaban J connectivity index is 1.79. The van der Waals surface area contributed by atoms with Gasteiger partial charge < -0.3 is 15.2 Å². The summed E-state index contributed by atoms with van der Waals surface area (Å²) in [5.41, 5.74) is -0.322. The Kier molecular flexibility index (Phi) is 6.44. The van der Waals surface area contributed by atoms with Crippen LogP contribution < -0.4 is 10.1 Å². The van der Waals surface area contributed by atoms with Gasteiger partial charge in [0, 0.05) is 0 Å². The van der Waals surface area contributed by atoms with Crippen LogP contribution in [-0.2, 0) is 4.79 Å². The van der Waals surface area contributed by atoms with Crippen LogP contribution in [0.5, 0.6) is 11.5 Å². The van der Waals surface area contributed by atoms with Crippen LogP contribution in [-0.4, -0.2) is 17.0 Å². The van der Waals surface area contributed by atoms with Gasteiger partial charge in [-0.2, -0.15) is 0 Å². The minimum atomic E-state index is -1.40. The lowest BCUT2D eigenvalue weighted by Gasteiger charge is -2.09. The van der Waals surface area contributed by atoms with E-state index in [-0.39, 0.29) is 22.1 Å². The second kappa shape index (κ2) is 9.19. The van der Waals surface area contributed by atoms with Gasteiger partial charge in [-0.05, 0) is 48.0 Å². The smallest absolute Gasteiger partial charge is 0.352 e. The molecule has 0 aliphatic rings. The highest BCUT2D eigenvalue weighted by Gasteiger charge is 2.16. The number of rotatable bonds is 6. The highest BCUT2D eigenvalue weighted by Crippen LogP contribution is 2.32. The molecule has 0 spiro atoms. The number of benzene rings is 3. The second-order valence-corrected chi connectivity index (χ2v) is 6.43. The highest BCUT2D eigenvalue weighted by molar-refractivity contribution is 6.32. The van der Waals surface area contributed by atoms with E-state index in [1.54, 1.807) is 0 Å². The number of ether oxygens (including phenoxy) is 1. The zero-order valence-corrected chi connectivity index (χ0v) is 16.0. The molecule has 0 aromatic heterocycles. The summed E-state index contributed by atoms with van der Waals surface area (Å²) in [7, 11) is 0. The van der Waals surface area contributed by atoms with E-state index in [2.05, 4.69) is 5.32 Å². The topological polar surface area (TPSA) is 75.6 Å². The van der Waals surface area contributed by atoms with Crippen molar-refractivity contribution in [2.24, 2.45) is 0 Å². The Bertz CT molecular complexity index is 1110. The number of carboxylic acids is 1. The molecule has 3 aromatic carbocycles. The van der Waals surface area contributed by atoms with E-state index in [1.807, 2.05) is 0 Å². The fraction of sp³-hybridized carbons (Fsp3) is 0. The molecule has 8 heteroatoms. The van der Waals surface area contributed by atoms with Crippen LogP contribution in [0.2, 0.25) is 5.02 Å². The molecule has 0 saturated carbocycles. The number of hydrogen-bond donors (Lipinski definition) is 2. The van der Waals surface area contributed by atoms with E-state index in [1.165, 1.54) is 66.7 Å². The fourth-order valence-corrected chi connectivity index (χ4v) is 2.68. The van der Waals surface area contributed by atoms with Gasteiger partial charge in [0.2, 0.25) is 0 Å². The van der Waals surface area contributed by atoms with Crippen LogP contribution in [0.15, 0.2) is 72.4 Å². The third-order valence-corrected chi connectivity index (χ3v) is 4.22. The van der Waals surface area contributed by atoms with Crippen molar-refractivity contribution in [3.63, 3.8) is 0 Å². The molecule has 152 valence electrons. The zero-order chi connectivity index (χ0) is 21.7. The third-order valence-electron chi connectivity index (χ3n) is 3.93. The number of nitrogens with one attached hydrogen (secondary N) is 1. The summed E-state index contributed by atoms with van der Waals surface area (Å²) >= 11 is 5.92. The van der Waals surface area contributed by atoms with Gasteiger partial charge in [0.1, 0.15) is 17.3 Å². The summed E-state index contributed by atoms with van der Waals surface area (Å²) in [5.74, 6) is -3.56. The number of para-hydroxylation sites is 1. The highest BCUT2D eigenvalue weighted by atomic mass is 35.5. The van der Waals surface area contributed by atoms with Crippen LogP contribution in [0.25, 0.3) is 6.08 Å². The van der Waals surface area contributed by atoms with Crippen molar-refractivity contribution in [3.8, 4) is 11.5 Å². The molecule has 0 fully saturated rings. The second-order valence-electron chi connectivity index (χ2n) is 6.02. The first-order valence-electron chi connectivity index (χ1n) is 8.58. The van der Waals surface area contributed by atoms with E-state index in [4.69, 9.17) is 16.3 Å². The fourth-order valence-electron chi connectivity index (χ4n) is 2.48. The molecule has 0 aliphatic heterocycles. The first-order chi connectivity index (χ1) is 14.3. The lowest BCUT2D eigenvalue weighted by atomic mass is 10.1. The maximum Gasteiger partial charge on any atom is 0.352 e. The molecule has 0 bridgehead atoms. The van der Waals surface area contributed by atoms with E-state index in [0.717, 1.165) is 6.07 Å². The van der Waals surface area contributed by atoms with Crippen molar-refractivity contribution >= 4 is 29.6 Å². The first-order valence-corrected chi connectivity index (χ1v) is 8.96. The van der Waals surface area contributed by atoms with E-state index >= 15 is 0 Å². The number of amides is 1. The standard InChI is InChI=1S/C22H14ClF2NO4/c23-16-5-3-7-18(25)20(16)30-14-10-8-13(9-11-14)12-19(22(28)29)26-21(27)15-4-1-2-6-17(15)24/h1-12H,(H,26,27)(H,28,29)/b19-12-. The molecule has 5 nitrogen and oxygen atoms in total. The van der Waals surface area contributed by atoms with E-state index in [9.17, 15) is 23.5 Å². The molecule has 0 saturated heterocycles. The number of carbonyl (C=O) groups is 2. The number of aliphatic carboxylic acids is 1. The molecule has 3 rings (SSSR count). The van der Waals surface area contributed by atoms with Crippen LogP contribution in [0.1, 0.15) is 15.9 Å². The predicted molar refractivity (Wildman–Crippen MR) is 107 cm³/mol. The maximum atomic E-state index is 13.8. The van der Waals surface area contributed by atoms with Gasteiger partial charge >= 0.3 is 5.97 Å².